The van der Waals surface area contributed by atoms with E-state index in [1.807, 2.05) is 31.2 Å². The number of nitrogens with one attached hydrogen (secondary N) is 2. The molecule has 2 aromatic carbocycles. The van der Waals surface area contributed by atoms with E-state index in [1.165, 1.54) is 17.1 Å². The topological polar surface area (TPSA) is 117 Å². The van der Waals surface area contributed by atoms with E-state index in [0.29, 0.717) is 11.4 Å². The molecule has 1 aliphatic rings. The van der Waals surface area contributed by atoms with Gasteiger partial charge in [0.25, 0.3) is 5.91 Å². The molecule has 0 aliphatic carbocycles. The van der Waals surface area contributed by atoms with Gasteiger partial charge in [0.05, 0.1) is 36.3 Å². The molecule has 0 bridgehead atoms. The first-order chi connectivity index (χ1) is 15.7. The highest BCUT2D eigenvalue weighted by atomic mass is 32.2. The molecule has 0 radical (unpaired) electrons. The Labute approximate surface area is 193 Å². The summed E-state index contributed by atoms with van der Waals surface area (Å²) in [6.07, 6.45) is 3.25. The second-order valence-corrected chi connectivity index (χ2v) is 9.03. The molecule has 9 nitrogen and oxygen atoms in total. The second kappa shape index (κ2) is 10.3. The molecule has 1 amide bonds. The Morgan fingerprint density at radius 2 is 1.82 bits per heavy atom. The van der Waals surface area contributed by atoms with Gasteiger partial charge >= 0.3 is 5.97 Å². The first-order valence-corrected chi connectivity index (χ1v) is 12.3. The Hall–Kier alpha value is -3.66. The lowest BCUT2D eigenvalue weighted by molar-refractivity contribution is -0.141. The van der Waals surface area contributed by atoms with Crippen LogP contribution in [-0.2, 0) is 30.8 Å². The lowest BCUT2D eigenvalue weighted by Gasteiger charge is -2.13. The Balaban J connectivity index is 1.90. The van der Waals surface area contributed by atoms with E-state index in [0.717, 1.165) is 23.9 Å². The first kappa shape index (κ1) is 24.0. The van der Waals surface area contributed by atoms with Crippen LogP contribution in [0.15, 0.2) is 65.4 Å². The van der Waals surface area contributed by atoms with E-state index in [1.54, 1.807) is 25.3 Å². The predicted molar refractivity (Wildman–Crippen MR) is 129 cm³/mol. The third-order valence-corrected chi connectivity index (χ3v) is 5.36. The van der Waals surface area contributed by atoms with Crippen LogP contribution in [0.2, 0.25) is 0 Å². The first-order valence-electron chi connectivity index (χ1n) is 10.4. The molecule has 2 N–H and O–H groups in total. The minimum Gasteiger partial charge on any atom is -0.466 e. The van der Waals surface area contributed by atoms with E-state index < -0.39 is 21.9 Å². The number of hydrogen-bond acceptors (Lipinski definition) is 7. The van der Waals surface area contributed by atoms with Crippen LogP contribution < -0.4 is 15.0 Å². The lowest BCUT2D eigenvalue weighted by atomic mass is 10.1. The maximum absolute atomic E-state index is 13.2. The van der Waals surface area contributed by atoms with E-state index in [-0.39, 0.29) is 24.3 Å². The van der Waals surface area contributed by atoms with Gasteiger partial charge in [-0.25, -0.2) is 8.42 Å². The molecule has 3 rings (SSSR count). The van der Waals surface area contributed by atoms with E-state index >= 15 is 0 Å². The summed E-state index contributed by atoms with van der Waals surface area (Å²) in [6, 6.07) is 13.9. The van der Waals surface area contributed by atoms with Crippen molar-refractivity contribution in [2.24, 2.45) is 5.10 Å². The average Bonchev–Trinajstić information content (AvgIpc) is 3.07. The van der Waals surface area contributed by atoms with E-state index in [4.69, 9.17) is 4.74 Å². The predicted octanol–water partition coefficient (Wildman–Crippen LogP) is 3.27. The van der Waals surface area contributed by atoms with Crippen molar-refractivity contribution >= 4 is 44.7 Å². The number of benzene rings is 2. The van der Waals surface area contributed by atoms with Crippen molar-refractivity contribution in [3.05, 3.63) is 65.9 Å². The number of amides is 1. The van der Waals surface area contributed by atoms with Gasteiger partial charge in [-0.05, 0) is 49.2 Å². The second-order valence-electron chi connectivity index (χ2n) is 7.28. The van der Waals surface area contributed by atoms with Gasteiger partial charge in [-0.15, -0.1) is 0 Å². The third-order valence-electron chi connectivity index (χ3n) is 4.76. The van der Waals surface area contributed by atoms with Gasteiger partial charge in [0.2, 0.25) is 10.0 Å². The van der Waals surface area contributed by atoms with Crippen molar-refractivity contribution < 1.29 is 22.7 Å². The number of rotatable bonds is 9. The van der Waals surface area contributed by atoms with Crippen LogP contribution in [0, 0.1) is 0 Å². The van der Waals surface area contributed by atoms with Crippen molar-refractivity contribution in [1.29, 1.82) is 0 Å². The number of para-hydroxylation sites is 1. The monoisotopic (exact) mass is 470 g/mol. The van der Waals surface area contributed by atoms with Gasteiger partial charge < -0.3 is 10.1 Å². The number of hydrazone groups is 1. The molecule has 10 heteroatoms. The number of anilines is 3. The van der Waals surface area contributed by atoms with Crippen molar-refractivity contribution in [3.63, 3.8) is 0 Å². The summed E-state index contributed by atoms with van der Waals surface area (Å²) < 4.78 is 30.2. The fourth-order valence-corrected chi connectivity index (χ4v) is 3.83. The van der Waals surface area contributed by atoms with Crippen LogP contribution >= 0.6 is 0 Å². The van der Waals surface area contributed by atoms with Crippen molar-refractivity contribution in [3.8, 4) is 0 Å². The zero-order valence-electron chi connectivity index (χ0n) is 18.7. The number of carbonyl (C=O) groups excluding carboxylic acids is 2. The fraction of sp³-hybridized carbons (Fsp3) is 0.261. The molecular formula is C23H26N4O5S. The van der Waals surface area contributed by atoms with Gasteiger partial charge in [-0.3, -0.25) is 14.3 Å². The largest absolute Gasteiger partial charge is 0.466 e. The summed E-state index contributed by atoms with van der Waals surface area (Å²) in [6.45, 7) is 3.96. The van der Waals surface area contributed by atoms with Gasteiger partial charge in [-0.2, -0.15) is 10.1 Å². The Morgan fingerprint density at radius 3 is 2.45 bits per heavy atom. The van der Waals surface area contributed by atoms with Crippen LogP contribution in [0.3, 0.4) is 0 Å². The molecule has 0 aromatic heterocycles. The highest BCUT2D eigenvalue weighted by molar-refractivity contribution is 7.92. The average molecular weight is 471 g/mol. The normalized spacial score (nSPS) is 14.9. The van der Waals surface area contributed by atoms with E-state index in [9.17, 15) is 18.0 Å². The quantitative estimate of drug-likeness (QED) is 0.429. The summed E-state index contributed by atoms with van der Waals surface area (Å²) in [5.74, 6) is -0.905. The molecule has 0 saturated heterocycles. The Bertz CT molecular complexity index is 1200. The molecule has 0 spiro atoms. The lowest BCUT2D eigenvalue weighted by Crippen LogP contribution is -2.22. The van der Waals surface area contributed by atoms with Crippen molar-refractivity contribution in [2.45, 2.75) is 26.7 Å². The number of aryl methyl sites for hydroxylation is 1. The minimum absolute atomic E-state index is 0.160. The third kappa shape index (κ3) is 6.19. The molecule has 1 heterocycles. The van der Waals surface area contributed by atoms with Crippen LogP contribution in [0.5, 0.6) is 0 Å². The number of sulfonamides is 1. The van der Waals surface area contributed by atoms with Gasteiger partial charge in [0.15, 0.2) is 0 Å². The molecule has 2 aromatic rings. The maximum atomic E-state index is 13.2. The number of hydrogen-bond donors (Lipinski definition) is 2. The van der Waals surface area contributed by atoms with Crippen LogP contribution in [0.1, 0.15) is 25.8 Å². The zero-order chi connectivity index (χ0) is 24.0. The number of nitrogens with zero attached hydrogens (tertiary/aromatic N) is 2. The number of esters is 1. The molecule has 0 fully saturated rings. The molecule has 33 heavy (non-hydrogen) atoms. The molecule has 0 unspecified atom stereocenters. The van der Waals surface area contributed by atoms with Gasteiger partial charge in [0.1, 0.15) is 0 Å². The summed E-state index contributed by atoms with van der Waals surface area (Å²) in [4.78, 5) is 25.3. The summed E-state index contributed by atoms with van der Waals surface area (Å²) in [5, 5.41) is 8.69. The summed E-state index contributed by atoms with van der Waals surface area (Å²) in [5.41, 5.74) is 3.24. The maximum Gasteiger partial charge on any atom is 0.311 e. The fourth-order valence-electron chi connectivity index (χ4n) is 3.26. The molecule has 0 saturated carbocycles. The van der Waals surface area contributed by atoms with Gasteiger partial charge in [0, 0.05) is 17.6 Å². The van der Waals surface area contributed by atoms with Gasteiger partial charge in [-0.1, -0.05) is 25.1 Å². The zero-order valence-corrected chi connectivity index (χ0v) is 19.5. The van der Waals surface area contributed by atoms with Crippen molar-refractivity contribution in [2.75, 3.05) is 27.9 Å². The minimum atomic E-state index is -3.42. The SMILES string of the molecule is CCOC(=O)CC1=NN(c2ccc(NS(C)(=O)=O)cc2)C(=O)/C1=C/Nc1ccccc1CC. The molecule has 174 valence electrons. The Morgan fingerprint density at radius 1 is 1.12 bits per heavy atom. The van der Waals surface area contributed by atoms with Crippen LogP contribution in [0.4, 0.5) is 17.1 Å². The smallest absolute Gasteiger partial charge is 0.311 e. The Kier molecular flexibility index (Phi) is 7.49. The molecule has 1 aliphatic heterocycles. The highest BCUT2D eigenvalue weighted by Crippen LogP contribution is 2.27. The summed E-state index contributed by atoms with van der Waals surface area (Å²) >= 11 is 0. The number of carbonyl (C=O) groups is 2. The summed E-state index contributed by atoms with van der Waals surface area (Å²) in [7, 11) is -3.42. The standard InChI is InChI=1S/C23H26N4O5S/c1-4-16-8-6-7-9-20(16)24-15-19-21(14-22(28)32-5-2)25-27(23(19)29)18-12-10-17(11-13-18)26-33(3,30)31/h6-13,15,24,26H,4-5,14H2,1-3H3/b19-15+. The number of ether oxygens (including phenoxy) is 1. The highest BCUT2D eigenvalue weighted by Gasteiger charge is 2.32. The molecular weight excluding hydrogens is 444 g/mol. The van der Waals surface area contributed by atoms with Crippen molar-refractivity contribution in [1.82, 2.24) is 0 Å². The van der Waals surface area contributed by atoms with Crippen LogP contribution in [0.25, 0.3) is 0 Å². The van der Waals surface area contributed by atoms with E-state index in [2.05, 4.69) is 15.1 Å². The van der Waals surface area contributed by atoms with Crippen LogP contribution in [-0.4, -0.2) is 38.9 Å². The molecule has 0 atom stereocenters.